The van der Waals surface area contributed by atoms with Gasteiger partial charge in [-0.2, -0.15) is 0 Å². The van der Waals surface area contributed by atoms with Crippen molar-refractivity contribution in [3.63, 3.8) is 0 Å². The molecule has 168 valence electrons. The van der Waals surface area contributed by atoms with Gasteiger partial charge in [-0.3, -0.25) is 9.59 Å². The number of halogens is 1. The Morgan fingerprint density at radius 1 is 1.29 bits per heavy atom. The summed E-state index contributed by atoms with van der Waals surface area (Å²) in [4.78, 5) is 26.3. The van der Waals surface area contributed by atoms with Crippen molar-refractivity contribution in [1.82, 2.24) is 30.4 Å². The molecule has 1 aromatic carbocycles. The molecule has 1 fully saturated rings. The molecular weight excluding hydrogens is 416 g/mol. The topological polar surface area (TPSA) is 93.0 Å². The van der Waals surface area contributed by atoms with Gasteiger partial charge in [0.1, 0.15) is 6.04 Å². The van der Waals surface area contributed by atoms with Gasteiger partial charge in [-0.15, -0.1) is 5.10 Å². The molecule has 8 nitrogen and oxygen atoms in total. The zero-order chi connectivity index (χ0) is 22.4. The van der Waals surface area contributed by atoms with Crippen molar-refractivity contribution in [2.75, 3.05) is 13.1 Å². The van der Waals surface area contributed by atoms with E-state index in [1.807, 2.05) is 24.1 Å². The fourth-order valence-corrected chi connectivity index (χ4v) is 4.66. The molecule has 0 aliphatic carbocycles. The molecular formula is C22H31ClN6O2. The van der Waals surface area contributed by atoms with E-state index in [2.05, 4.69) is 34.7 Å². The molecule has 2 aromatic rings. The second kappa shape index (κ2) is 10.2. The molecule has 1 aliphatic rings. The Morgan fingerprint density at radius 3 is 2.52 bits per heavy atom. The lowest BCUT2D eigenvalue weighted by atomic mass is 9.66. The number of benzene rings is 1. The van der Waals surface area contributed by atoms with Crippen molar-refractivity contribution in [3.8, 4) is 0 Å². The SMILES string of the molecule is CCC(C)C1(Cc2nnnn2C)CCN(C(=O)[C@@H](Cc2ccc(Cl)cc2)NC=O)CC1. The number of likely N-dealkylation sites (tertiary alicyclic amines) is 1. The molecule has 3 rings (SSSR count). The molecule has 1 saturated heterocycles. The Kier molecular flexibility index (Phi) is 7.64. The largest absolute Gasteiger partial charge is 0.347 e. The number of carbonyl (C=O) groups is 2. The Balaban J connectivity index is 1.69. The lowest BCUT2D eigenvalue weighted by molar-refractivity contribution is -0.137. The Labute approximate surface area is 188 Å². The minimum atomic E-state index is -0.585. The van der Waals surface area contributed by atoms with Crippen molar-refractivity contribution < 1.29 is 9.59 Å². The molecule has 31 heavy (non-hydrogen) atoms. The van der Waals surface area contributed by atoms with E-state index in [9.17, 15) is 9.59 Å². The maximum Gasteiger partial charge on any atom is 0.245 e. The van der Waals surface area contributed by atoms with E-state index in [4.69, 9.17) is 11.6 Å². The normalized spacial score (nSPS) is 17.7. The number of aromatic nitrogens is 4. The quantitative estimate of drug-likeness (QED) is 0.597. The molecule has 2 atom stereocenters. The number of carbonyl (C=O) groups excluding carboxylic acids is 2. The first-order chi connectivity index (χ1) is 14.9. The molecule has 1 aromatic heterocycles. The summed E-state index contributed by atoms with van der Waals surface area (Å²) < 4.78 is 1.73. The lowest BCUT2D eigenvalue weighted by Gasteiger charge is -2.46. The molecule has 9 heteroatoms. The van der Waals surface area contributed by atoms with Gasteiger partial charge in [-0.25, -0.2) is 4.68 Å². The number of piperidine rings is 1. The van der Waals surface area contributed by atoms with E-state index in [1.54, 1.807) is 16.8 Å². The third-order valence-corrected chi connectivity index (χ3v) is 7.12. The van der Waals surface area contributed by atoms with Crippen LogP contribution in [0.3, 0.4) is 0 Å². The lowest BCUT2D eigenvalue weighted by Crippen LogP contribution is -2.53. The van der Waals surface area contributed by atoms with Crippen LogP contribution in [-0.4, -0.2) is 56.6 Å². The van der Waals surface area contributed by atoms with Gasteiger partial charge in [0.05, 0.1) is 0 Å². The van der Waals surface area contributed by atoms with E-state index in [0.29, 0.717) is 36.9 Å². The number of amides is 2. The Hall–Kier alpha value is -2.48. The summed E-state index contributed by atoms with van der Waals surface area (Å²) in [5.74, 6) is 1.32. The molecule has 0 radical (unpaired) electrons. The highest BCUT2D eigenvalue weighted by Crippen LogP contribution is 2.43. The first-order valence-electron chi connectivity index (χ1n) is 10.8. The van der Waals surface area contributed by atoms with Crippen molar-refractivity contribution in [2.45, 2.75) is 52.0 Å². The number of nitrogens with zero attached hydrogens (tertiary/aromatic N) is 5. The molecule has 2 amide bonds. The number of nitrogens with one attached hydrogen (secondary N) is 1. The highest BCUT2D eigenvalue weighted by Gasteiger charge is 2.41. The van der Waals surface area contributed by atoms with Crippen LogP contribution in [0.1, 0.15) is 44.5 Å². The third-order valence-electron chi connectivity index (χ3n) is 6.87. The minimum Gasteiger partial charge on any atom is -0.347 e. The van der Waals surface area contributed by atoms with Gasteiger partial charge in [0.15, 0.2) is 5.82 Å². The Bertz CT molecular complexity index is 876. The van der Waals surface area contributed by atoms with Gasteiger partial charge >= 0.3 is 0 Å². The zero-order valence-corrected chi connectivity index (χ0v) is 19.2. The number of rotatable bonds is 9. The van der Waals surface area contributed by atoms with Crippen LogP contribution in [-0.2, 0) is 29.5 Å². The number of hydrogen-bond donors (Lipinski definition) is 1. The van der Waals surface area contributed by atoms with Crippen LogP contribution < -0.4 is 5.32 Å². The predicted molar refractivity (Wildman–Crippen MR) is 118 cm³/mol. The first kappa shape index (κ1) is 23.2. The smallest absolute Gasteiger partial charge is 0.245 e. The van der Waals surface area contributed by atoms with E-state index >= 15 is 0 Å². The van der Waals surface area contributed by atoms with Crippen LogP contribution in [0, 0.1) is 11.3 Å². The van der Waals surface area contributed by atoms with Gasteiger partial charge in [0.2, 0.25) is 12.3 Å². The summed E-state index contributed by atoms with van der Waals surface area (Å²) >= 11 is 5.96. The highest BCUT2D eigenvalue weighted by molar-refractivity contribution is 6.30. The maximum absolute atomic E-state index is 13.2. The predicted octanol–water partition coefficient (Wildman–Crippen LogP) is 2.42. The first-order valence-corrected chi connectivity index (χ1v) is 11.2. The number of tetrazole rings is 1. The average molecular weight is 447 g/mol. The third kappa shape index (κ3) is 5.42. The highest BCUT2D eigenvalue weighted by atomic mass is 35.5. The standard InChI is InChI=1S/C22H31ClN6O2/c1-4-16(2)22(14-20-25-26-27-28(20)3)9-11-29(12-10-22)21(31)19(24-15-30)13-17-5-7-18(23)8-6-17/h5-8,15-16,19H,4,9-14H2,1-3H3,(H,24,30)/t16?,19-/m1/s1. The summed E-state index contributed by atoms with van der Waals surface area (Å²) in [6.07, 6.45) is 4.67. The fourth-order valence-electron chi connectivity index (χ4n) is 4.54. The Morgan fingerprint density at radius 2 is 1.97 bits per heavy atom. The fraction of sp³-hybridized carbons (Fsp3) is 0.591. The molecule has 0 saturated carbocycles. The van der Waals surface area contributed by atoms with Crippen molar-refractivity contribution in [1.29, 1.82) is 0 Å². The van der Waals surface area contributed by atoms with Gasteiger partial charge in [0.25, 0.3) is 0 Å². The molecule has 2 heterocycles. The summed E-state index contributed by atoms with van der Waals surface area (Å²) in [6, 6.07) is 6.77. The molecule has 1 aliphatic heterocycles. The van der Waals surface area contributed by atoms with Crippen LogP contribution >= 0.6 is 11.6 Å². The maximum atomic E-state index is 13.2. The van der Waals surface area contributed by atoms with Crippen molar-refractivity contribution >= 4 is 23.9 Å². The van der Waals surface area contributed by atoms with Gasteiger partial charge in [0, 0.05) is 38.0 Å². The van der Waals surface area contributed by atoms with Gasteiger partial charge in [-0.1, -0.05) is 44.0 Å². The molecule has 0 bridgehead atoms. The van der Waals surface area contributed by atoms with Gasteiger partial charge in [-0.05, 0) is 52.3 Å². The summed E-state index contributed by atoms with van der Waals surface area (Å²) in [5, 5.41) is 15.3. The van der Waals surface area contributed by atoms with Gasteiger partial charge < -0.3 is 10.2 Å². The van der Waals surface area contributed by atoms with Crippen LogP contribution in [0.2, 0.25) is 5.02 Å². The van der Waals surface area contributed by atoms with Crippen LogP contribution in [0.5, 0.6) is 0 Å². The van der Waals surface area contributed by atoms with E-state index < -0.39 is 6.04 Å². The second-order valence-electron chi connectivity index (χ2n) is 8.56. The van der Waals surface area contributed by atoms with Crippen LogP contribution in [0.15, 0.2) is 24.3 Å². The van der Waals surface area contributed by atoms with Crippen molar-refractivity contribution in [3.05, 3.63) is 40.7 Å². The van der Waals surface area contributed by atoms with Crippen LogP contribution in [0.4, 0.5) is 0 Å². The number of hydrogen-bond acceptors (Lipinski definition) is 5. The minimum absolute atomic E-state index is 0.0415. The summed E-state index contributed by atoms with van der Waals surface area (Å²) in [7, 11) is 1.87. The zero-order valence-electron chi connectivity index (χ0n) is 18.4. The average Bonchev–Trinajstić information content (AvgIpc) is 3.18. The number of aryl methyl sites for hydroxylation is 1. The summed E-state index contributed by atoms with van der Waals surface area (Å²) in [6.45, 7) is 5.80. The van der Waals surface area contributed by atoms with E-state index in [1.165, 1.54) is 0 Å². The van der Waals surface area contributed by atoms with E-state index in [0.717, 1.165) is 37.1 Å². The molecule has 1 unspecified atom stereocenters. The second-order valence-corrected chi connectivity index (χ2v) is 9.00. The van der Waals surface area contributed by atoms with Crippen LogP contribution in [0.25, 0.3) is 0 Å². The molecule has 1 N–H and O–H groups in total. The van der Waals surface area contributed by atoms with Crippen molar-refractivity contribution in [2.24, 2.45) is 18.4 Å². The monoisotopic (exact) mass is 446 g/mol. The summed E-state index contributed by atoms with van der Waals surface area (Å²) in [5.41, 5.74) is 1.01. The molecule has 0 spiro atoms. The van der Waals surface area contributed by atoms with E-state index in [-0.39, 0.29) is 11.3 Å².